The van der Waals surface area contributed by atoms with E-state index in [-0.39, 0.29) is 23.9 Å². The summed E-state index contributed by atoms with van der Waals surface area (Å²) < 4.78 is 1.63. The average Bonchev–Trinajstić information content (AvgIpc) is 3.25. The quantitative estimate of drug-likeness (QED) is 0.311. The first-order valence-electron chi connectivity index (χ1n) is 12.4. The lowest BCUT2D eigenvalue weighted by molar-refractivity contribution is -0.116. The summed E-state index contributed by atoms with van der Waals surface area (Å²) in [5.74, 6) is 0.161. The molecule has 9 heteroatoms. The number of aryl methyl sites for hydroxylation is 2. The molecule has 198 valence electrons. The first-order valence-corrected chi connectivity index (χ1v) is 13.1. The number of unbranched alkanes of at least 4 members (excludes halogenated alkanes) is 1. The van der Waals surface area contributed by atoms with Gasteiger partial charge < -0.3 is 15.5 Å². The Labute approximate surface area is 229 Å². The standard InChI is InChI=1S/C28H35Cl2N5O2/c1-7-8-14-34(27(37)32-26-18(2)10-9-11-19(26)3)17-25(36)31-24-16-23(28(4,5)6)33-35(24)20-12-13-21(29)22(30)15-20/h9-13,15-16H,7-8,14,17H2,1-6H3,(H,31,36)(H,32,37). The summed E-state index contributed by atoms with van der Waals surface area (Å²) in [5.41, 5.74) is 3.91. The lowest BCUT2D eigenvalue weighted by Crippen LogP contribution is -2.41. The summed E-state index contributed by atoms with van der Waals surface area (Å²) in [6.07, 6.45) is 1.68. The number of rotatable bonds is 8. The highest BCUT2D eigenvalue weighted by molar-refractivity contribution is 6.42. The number of nitrogens with zero attached hydrogens (tertiary/aromatic N) is 3. The fourth-order valence-electron chi connectivity index (χ4n) is 3.80. The van der Waals surface area contributed by atoms with Crippen molar-refractivity contribution >= 4 is 46.6 Å². The van der Waals surface area contributed by atoms with Gasteiger partial charge >= 0.3 is 6.03 Å². The van der Waals surface area contributed by atoms with Crippen molar-refractivity contribution in [2.24, 2.45) is 0 Å². The second-order valence-corrected chi connectivity index (χ2v) is 11.0. The van der Waals surface area contributed by atoms with Crippen molar-refractivity contribution in [2.75, 3.05) is 23.7 Å². The van der Waals surface area contributed by atoms with Gasteiger partial charge in [-0.1, -0.05) is 75.5 Å². The van der Waals surface area contributed by atoms with Crippen molar-refractivity contribution < 1.29 is 9.59 Å². The van der Waals surface area contributed by atoms with Crippen LogP contribution in [0.5, 0.6) is 0 Å². The van der Waals surface area contributed by atoms with E-state index < -0.39 is 0 Å². The number of para-hydroxylation sites is 1. The summed E-state index contributed by atoms with van der Waals surface area (Å²) in [6, 6.07) is 12.5. The summed E-state index contributed by atoms with van der Waals surface area (Å²) in [5, 5.41) is 11.5. The number of anilines is 2. The Morgan fingerprint density at radius 2 is 1.68 bits per heavy atom. The zero-order chi connectivity index (χ0) is 27.3. The Kier molecular flexibility index (Phi) is 9.26. The van der Waals surface area contributed by atoms with Gasteiger partial charge in [0.25, 0.3) is 0 Å². The maximum atomic E-state index is 13.2. The highest BCUT2D eigenvalue weighted by atomic mass is 35.5. The van der Waals surface area contributed by atoms with Crippen LogP contribution in [0.3, 0.4) is 0 Å². The second kappa shape index (κ2) is 12.0. The number of benzene rings is 2. The minimum atomic E-state index is -0.325. The third-order valence-electron chi connectivity index (χ3n) is 6.01. The zero-order valence-corrected chi connectivity index (χ0v) is 23.8. The molecule has 0 saturated carbocycles. The normalized spacial score (nSPS) is 11.4. The van der Waals surface area contributed by atoms with Gasteiger partial charge in [-0.2, -0.15) is 5.10 Å². The highest BCUT2D eigenvalue weighted by Gasteiger charge is 2.23. The third-order valence-corrected chi connectivity index (χ3v) is 6.75. The van der Waals surface area contributed by atoms with E-state index in [4.69, 9.17) is 28.3 Å². The summed E-state index contributed by atoms with van der Waals surface area (Å²) >= 11 is 12.3. The van der Waals surface area contributed by atoms with Crippen molar-refractivity contribution in [2.45, 2.75) is 59.8 Å². The van der Waals surface area contributed by atoms with E-state index in [9.17, 15) is 9.59 Å². The maximum Gasteiger partial charge on any atom is 0.322 e. The molecular formula is C28H35Cl2N5O2. The lowest BCUT2D eigenvalue weighted by atomic mass is 9.92. The molecule has 3 rings (SSSR count). The molecule has 7 nitrogen and oxygen atoms in total. The molecule has 2 aromatic carbocycles. The van der Waals surface area contributed by atoms with Crippen molar-refractivity contribution in [3.63, 3.8) is 0 Å². The van der Waals surface area contributed by atoms with E-state index in [1.54, 1.807) is 22.9 Å². The van der Waals surface area contributed by atoms with Crippen LogP contribution in [0.15, 0.2) is 42.5 Å². The van der Waals surface area contributed by atoms with E-state index in [0.29, 0.717) is 28.1 Å². The van der Waals surface area contributed by atoms with Crippen LogP contribution in [0.2, 0.25) is 10.0 Å². The Bertz CT molecular complexity index is 1260. The molecule has 0 unspecified atom stereocenters. The van der Waals surface area contributed by atoms with Crippen LogP contribution in [0, 0.1) is 13.8 Å². The summed E-state index contributed by atoms with van der Waals surface area (Å²) in [6.45, 7) is 12.4. The van der Waals surface area contributed by atoms with Crippen LogP contribution in [0.4, 0.5) is 16.3 Å². The van der Waals surface area contributed by atoms with E-state index >= 15 is 0 Å². The number of halogens is 2. The molecule has 3 aromatic rings. The fourth-order valence-corrected chi connectivity index (χ4v) is 4.10. The minimum absolute atomic E-state index is 0.103. The molecule has 0 aliphatic heterocycles. The van der Waals surface area contributed by atoms with Crippen LogP contribution in [-0.2, 0) is 10.2 Å². The van der Waals surface area contributed by atoms with Gasteiger partial charge in [0.15, 0.2) is 0 Å². The number of amides is 3. The van der Waals surface area contributed by atoms with Crippen molar-refractivity contribution in [1.82, 2.24) is 14.7 Å². The van der Waals surface area contributed by atoms with Gasteiger partial charge in [0.05, 0.1) is 21.4 Å². The van der Waals surface area contributed by atoms with E-state index in [1.165, 1.54) is 4.90 Å². The van der Waals surface area contributed by atoms with Crippen LogP contribution < -0.4 is 10.6 Å². The van der Waals surface area contributed by atoms with Crippen LogP contribution in [0.25, 0.3) is 5.69 Å². The van der Waals surface area contributed by atoms with Crippen LogP contribution in [0.1, 0.15) is 57.4 Å². The number of carbonyl (C=O) groups excluding carboxylic acids is 2. The summed E-state index contributed by atoms with van der Waals surface area (Å²) in [7, 11) is 0. The maximum absolute atomic E-state index is 13.2. The minimum Gasteiger partial charge on any atom is -0.315 e. The van der Waals surface area contributed by atoms with Gasteiger partial charge in [0, 0.05) is 23.7 Å². The summed E-state index contributed by atoms with van der Waals surface area (Å²) in [4.78, 5) is 28.0. The fraction of sp³-hybridized carbons (Fsp3) is 0.393. The molecule has 0 saturated heterocycles. The number of hydrogen-bond acceptors (Lipinski definition) is 3. The molecule has 0 spiro atoms. The van der Waals surface area contributed by atoms with Gasteiger partial charge in [0.2, 0.25) is 5.91 Å². The van der Waals surface area contributed by atoms with Gasteiger partial charge in [-0.05, 0) is 49.6 Å². The molecule has 1 heterocycles. The molecule has 0 bridgehead atoms. The molecule has 2 N–H and O–H groups in total. The Hall–Kier alpha value is -3.03. The number of aromatic nitrogens is 2. The smallest absolute Gasteiger partial charge is 0.315 e. The van der Waals surface area contributed by atoms with Crippen molar-refractivity contribution in [3.05, 3.63) is 69.3 Å². The number of nitrogens with one attached hydrogen (secondary N) is 2. The topological polar surface area (TPSA) is 79.3 Å². The largest absolute Gasteiger partial charge is 0.322 e. The molecule has 37 heavy (non-hydrogen) atoms. The first-order chi connectivity index (χ1) is 17.4. The van der Waals surface area contributed by atoms with Crippen LogP contribution >= 0.6 is 23.2 Å². The van der Waals surface area contributed by atoms with Crippen molar-refractivity contribution in [3.8, 4) is 5.69 Å². The van der Waals surface area contributed by atoms with E-state index in [1.807, 2.05) is 65.8 Å². The Morgan fingerprint density at radius 3 is 2.27 bits per heavy atom. The number of urea groups is 1. The first kappa shape index (κ1) is 28.5. The molecule has 0 aliphatic carbocycles. The van der Waals surface area contributed by atoms with E-state index in [2.05, 4.69) is 10.6 Å². The molecule has 1 aromatic heterocycles. The molecule has 0 radical (unpaired) electrons. The van der Waals surface area contributed by atoms with E-state index in [0.717, 1.165) is 35.3 Å². The highest BCUT2D eigenvalue weighted by Crippen LogP contribution is 2.29. The predicted octanol–water partition coefficient (Wildman–Crippen LogP) is 7.37. The van der Waals surface area contributed by atoms with Gasteiger partial charge in [-0.25, -0.2) is 9.48 Å². The van der Waals surface area contributed by atoms with Gasteiger partial charge in [-0.15, -0.1) is 0 Å². The SMILES string of the molecule is CCCCN(CC(=O)Nc1cc(C(C)(C)C)nn1-c1ccc(Cl)c(Cl)c1)C(=O)Nc1c(C)cccc1C. The van der Waals surface area contributed by atoms with Crippen LogP contribution in [-0.4, -0.2) is 39.7 Å². The Morgan fingerprint density at radius 1 is 1.00 bits per heavy atom. The third kappa shape index (κ3) is 7.27. The predicted molar refractivity (Wildman–Crippen MR) is 152 cm³/mol. The molecular weight excluding hydrogens is 509 g/mol. The van der Waals surface area contributed by atoms with Gasteiger partial charge in [-0.3, -0.25) is 4.79 Å². The van der Waals surface area contributed by atoms with Crippen molar-refractivity contribution in [1.29, 1.82) is 0 Å². The van der Waals surface area contributed by atoms with Gasteiger partial charge in [0.1, 0.15) is 12.4 Å². The Balaban J connectivity index is 1.85. The monoisotopic (exact) mass is 543 g/mol. The second-order valence-electron chi connectivity index (χ2n) is 10.2. The number of hydrogen-bond donors (Lipinski definition) is 2. The number of carbonyl (C=O) groups is 2. The zero-order valence-electron chi connectivity index (χ0n) is 22.3. The average molecular weight is 545 g/mol. The molecule has 3 amide bonds. The lowest BCUT2D eigenvalue weighted by Gasteiger charge is -2.23. The molecule has 0 aliphatic rings. The molecule has 0 fully saturated rings. The molecule has 0 atom stereocenters.